The van der Waals surface area contributed by atoms with Gasteiger partial charge >= 0.3 is 0 Å². The van der Waals surface area contributed by atoms with Crippen LogP contribution in [0.2, 0.25) is 0 Å². The standard InChI is InChI=1S/C22H27N3O2/c26-22(17-25-14-15-27-21-9-5-4-8-20(21)25)23-19-10-12-24(13-11-19)16-18-6-2-1-3-7-18/h1-9,19H,10-17H2,(H,23,26)/p+1. The van der Waals surface area contributed by atoms with Gasteiger partial charge in [0.2, 0.25) is 5.91 Å². The minimum atomic E-state index is 0.114. The largest absolute Gasteiger partial charge is 0.490 e. The Hall–Kier alpha value is -2.53. The molecule has 0 aliphatic carbocycles. The summed E-state index contributed by atoms with van der Waals surface area (Å²) in [7, 11) is 0. The summed E-state index contributed by atoms with van der Waals surface area (Å²) in [5.74, 6) is 0.984. The molecule has 1 saturated heterocycles. The molecule has 142 valence electrons. The average molecular weight is 366 g/mol. The van der Waals surface area contributed by atoms with Gasteiger partial charge in [-0.15, -0.1) is 0 Å². The third kappa shape index (κ3) is 4.61. The van der Waals surface area contributed by atoms with Crippen LogP contribution in [0, 0.1) is 0 Å². The first-order valence-corrected chi connectivity index (χ1v) is 9.91. The fourth-order valence-electron chi connectivity index (χ4n) is 4.07. The number of carbonyl (C=O) groups is 1. The Balaban J connectivity index is 1.24. The Labute approximate surface area is 160 Å². The number of hydrogen-bond donors (Lipinski definition) is 2. The molecule has 0 aromatic heterocycles. The zero-order valence-electron chi connectivity index (χ0n) is 15.7. The van der Waals surface area contributed by atoms with E-state index in [2.05, 4.69) is 40.5 Å². The lowest BCUT2D eigenvalue weighted by atomic mass is 10.0. The van der Waals surface area contributed by atoms with Gasteiger partial charge in [-0.25, -0.2) is 0 Å². The lowest BCUT2D eigenvalue weighted by Gasteiger charge is -2.32. The average Bonchev–Trinajstić information content (AvgIpc) is 2.71. The van der Waals surface area contributed by atoms with Gasteiger partial charge in [-0.1, -0.05) is 42.5 Å². The van der Waals surface area contributed by atoms with E-state index in [1.807, 2.05) is 24.3 Å². The van der Waals surface area contributed by atoms with Gasteiger partial charge in [0.25, 0.3) is 0 Å². The first-order valence-electron chi connectivity index (χ1n) is 9.91. The van der Waals surface area contributed by atoms with Crippen molar-refractivity contribution in [2.75, 3.05) is 37.7 Å². The van der Waals surface area contributed by atoms with Gasteiger partial charge < -0.3 is 19.9 Å². The van der Waals surface area contributed by atoms with E-state index in [0.29, 0.717) is 19.2 Å². The maximum Gasteiger partial charge on any atom is 0.239 e. The van der Waals surface area contributed by atoms with Crippen LogP contribution in [0.25, 0.3) is 0 Å². The molecule has 1 fully saturated rings. The Morgan fingerprint density at radius 1 is 1.07 bits per heavy atom. The molecule has 2 aliphatic rings. The van der Waals surface area contributed by atoms with E-state index in [-0.39, 0.29) is 5.91 Å². The second-order valence-corrected chi connectivity index (χ2v) is 7.49. The maximum absolute atomic E-state index is 12.6. The third-order valence-corrected chi connectivity index (χ3v) is 5.51. The Kier molecular flexibility index (Phi) is 5.58. The molecule has 2 aliphatic heterocycles. The van der Waals surface area contributed by atoms with E-state index in [0.717, 1.165) is 50.5 Å². The number of piperidine rings is 1. The number of nitrogens with zero attached hydrogens (tertiary/aromatic N) is 1. The van der Waals surface area contributed by atoms with Gasteiger partial charge in [-0.2, -0.15) is 0 Å². The summed E-state index contributed by atoms with van der Waals surface area (Å²) in [5, 5.41) is 3.25. The van der Waals surface area contributed by atoms with Crippen molar-refractivity contribution in [3.8, 4) is 5.75 Å². The first kappa shape index (κ1) is 17.9. The number of nitrogens with one attached hydrogen (secondary N) is 2. The van der Waals surface area contributed by atoms with Gasteiger partial charge in [-0.05, 0) is 12.1 Å². The zero-order valence-corrected chi connectivity index (χ0v) is 15.7. The summed E-state index contributed by atoms with van der Waals surface area (Å²) in [6.45, 7) is 5.08. The summed E-state index contributed by atoms with van der Waals surface area (Å²) >= 11 is 0. The van der Waals surface area contributed by atoms with Crippen molar-refractivity contribution in [3.63, 3.8) is 0 Å². The fraction of sp³-hybridized carbons (Fsp3) is 0.409. The number of anilines is 1. The lowest BCUT2D eigenvalue weighted by Crippen LogP contribution is -3.12. The van der Waals surface area contributed by atoms with Crippen molar-refractivity contribution in [2.24, 2.45) is 0 Å². The minimum absolute atomic E-state index is 0.114. The fourth-order valence-corrected chi connectivity index (χ4v) is 4.07. The van der Waals surface area contributed by atoms with E-state index in [1.54, 1.807) is 4.90 Å². The molecule has 5 heteroatoms. The molecule has 0 unspecified atom stereocenters. The van der Waals surface area contributed by atoms with Crippen LogP contribution in [0.1, 0.15) is 18.4 Å². The van der Waals surface area contributed by atoms with Crippen molar-refractivity contribution >= 4 is 11.6 Å². The number of carbonyl (C=O) groups excluding carboxylic acids is 1. The minimum Gasteiger partial charge on any atom is -0.490 e. The highest BCUT2D eigenvalue weighted by atomic mass is 16.5. The Morgan fingerprint density at radius 3 is 2.63 bits per heavy atom. The number of benzene rings is 2. The molecule has 0 saturated carbocycles. The molecular formula is C22H28N3O2+. The SMILES string of the molecule is O=C(CN1CCOc2ccccc21)NC1CC[NH+](Cc2ccccc2)CC1. The molecular weight excluding hydrogens is 338 g/mol. The van der Waals surface area contributed by atoms with E-state index < -0.39 is 0 Å². The molecule has 0 spiro atoms. The molecule has 0 atom stereocenters. The monoisotopic (exact) mass is 366 g/mol. The molecule has 2 aromatic rings. The number of likely N-dealkylation sites (tertiary alicyclic amines) is 1. The molecule has 0 bridgehead atoms. The van der Waals surface area contributed by atoms with Crippen molar-refractivity contribution in [1.82, 2.24) is 5.32 Å². The van der Waals surface area contributed by atoms with Crippen LogP contribution in [0.3, 0.4) is 0 Å². The third-order valence-electron chi connectivity index (χ3n) is 5.51. The number of para-hydroxylation sites is 2. The molecule has 2 aromatic carbocycles. The molecule has 2 heterocycles. The second kappa shape index (κ2) is 8.44. The van der Waals surface area contributed by atoms with Crippen LogP contribution in [0.4, 0.5) is 5.69 Å². The molecule has 4 rings (SSSR count). The summed E-state index contributed by atoms with van der Waals surface area (Å²) < 4.78 is 5.67. The highest BCUT2D eigenvalue weighted by Gasteiger charge is 2.25. The van der Waals surface area contributed by atoms with Crippen LogP contribution in [0.5, 0.6) is 5.75 Å². The molecule has 5 nitrogen and oxygen atoms in total. The number of quaternary nitrogens is 1. The predicted molar refractivity (Wildman–Crippen MR) is 106 cm³/mol. The molecule has 27 heavy (non-hydrogen) atoms. The van der Waals surface area contributed by atoms with Crippen LogP contribution in [-0.4, -0.2) is 44.7 Å². The first-order chi connectivity index (χ1) is 13.3. The number of rotatable bonds is 5. The number of fused-ring (bicyclic) bond motifs is 1. The van der Waals surface area contributed by atoms with Crippen LogP contribution in [0.15, 0.2) is 54.6 Å². The predicted octanol–water partition coefficient (Wildman–Crippen LogP) is 1.25. The van der Waals surface area contributed by atoms with E-state index in [9.17, 15) is 4.79 Å². The second-order valence-electron chi connectivity index (χ2n) is 7.49. The molecule has 1 amide bonds. The van der Waals surface area contributed by atoms with Crippen molar-refractivity contribution < 1.29 is 14.4 Å². The van der Waals surface area contributed by atoms with Crippen LogP contribution >= 0.6 is 0 Å². The Morgan fingerprint density at radius 2 is 1.81 bits per heavy atom. The zero-order chi connectivity index (χ0) is 18.5. The van der Waals surface area contributed by atoms with Crippen molar-refractivity contribution in [2.45, 2.75) is 25.4 Å². The van der Waals surface area contributed by atoms with Gasteiger partial charge in [0.15, 0.2) is 0 Å². The van der Waals surface area contributed by atoms with Gasteiger partial charge in [0.05, 0.1) is 31.9 Å². The summed E-state index contributed by atoms with van der Waals surface area (Å²) in [6.07, 6.45) is 2.10. The highest BCUT2D eigenvalue weighted by molar-refractivity contribution is 5.82. The molecule has 2 N–H and O–H groups in total. The van der Waals surface area contributed by atoms with Gasteiger partial charge in [-0.3, -0.25) is 4.79 Å². The van der Waals surface area contributed by atoms with E-state index in [4.69, 9.17) is 4.74 Å². The summed E-state index contributed by atoms with van der Waals surface area (Å²) in [4.78, 5) is 16.3. The van der Waals surface area contributed by atoms with Crippen molar-refractivity contribution in [1.29, 1.82) is 0 Å². The molecule has 0 radical (unpaired) electrons. The maximum atomic E-state index is 12.6. The smallest absolute Gasteiger partial charge is 0.239 e. The van der Waals surface area contributed by atoms with Crippen LogP contribution in [-0.2, 0) is 11.3 Å². The topological polar surface area (TPSA) is 46.0 Å². The summed E-state index contributed by atoms with van der Waals surface area (Å²) in [5.41, 5.74) is 2.40. The van der Waals surface area contributed by atoms with Crippen molar-refractivity contribution in [3.05, 3.63) is 60.2 Å². The quantitative estimate of drug-likeness (QED) is 0.837. The lowest BCUT2D eigenvalue weighted by molar-refractivity contribution is -0.918. The van der Waals surface area contributed by atoms with Crippen LogP contribution < -0.4 is 19.9 Å². The number of amides is 1. The number of hydrogen-bond acceptors (Lipinski definition) is 3. The summed E-state index contributed by atoms with van der Waals surface area (Å²) in [6, 6.07) is 18.9. The normalized spacial score (nSPS) is 21.9. The number of ether oxygens (including phenoxy) is 1. The van der Waals surface area contributed by atoms with Gasteiger partial charge in [0, 0.05) is 24.4 Å². The van der Waals surface area contributed by atoms with E-state index >= 15 is 0 Å². The van der Waals surface area contributed by atoms with E-state index in [1.165, 1.54) is 5.56 Å². The van der Waals surface area contributed by atoms with Gasteiger partial charge in [0.1, 0.15) is 18.9 Å². The highest BCUT2D eigenvalue weighted by Crippen LogP contribution is 2.30. The Bertz CT molecular complexity index is 757.